The van der Waals surface area contributed by atoms with E-state index >= 15 is 0 Å². The summed E-state index contributed by atoms with van der Waals surface area (Å²) in [6.45, 7) is 0.00403. The molecule has 1 saturated heterocycles. The van der Waals surface area contributed by atoms with E-state index in [9.17, 15) is 0 Å². The summed E-state index contributed by atoms with van der Waals surface area (Å²) in [6, 6.07) is 0. The first kappa shape index (κ1) is 5.56. The van der Waals surface area contributed by atoms with Gasteiger partial charge in [0.2, 0.25) is 5.90 Å². The molecule has 0 aliphatic carbocycles. The molecule has 0 spiro atoms. The van der Waals surface area contributed by atoms with E-state index in [0.717, 1.165) is 6.42 Å². The van der Waals surface area contributed by atoms with Crippen LogP contribution in [0, 0.1) is 0 Å². The van der Waals surface area contributed by atoms with E-state index in [0.29, 0.717) is 6.42 Å². The molecule has 0 saturated carbocycles. The van der Waals surface area contributed by atoms with Crippen LogP contribution >= 0.6 is 0 Å². The number of rotatable bonds is 1. The van der Waals surface area contributed by atoms with Crippen LogP contribution in [0.5, 0.6) is 0 Å². The van der Waals surface area contributed by atoms with Gasteiger partial charge in [-0.2, -0.15) is 0 Å². The number of hydrogen-bond acceptors (Lipinski definition) is 2. The molecule has 1 unspecified atom stereocenters. The molecular formula is C5H8NO2. The van der Waals surface area contributed by atoms with Crippen LogP contribution in [-0.2, 0) is 4.74 Å². The molecule has 1 N–H and O–H groups in total. The van der Waals surface area contributed by atoms with Crippen LogP contribution in [-0.4, -0.2) is 23.7 Å². The maximum absolute atomic E-state index is 8.61. The number of aliphatic hydroxyl groups excluding tert-OH is 1. The Morgan fingerprint density at radius 1 is 1.88 bits per heavy atom. The molecule has 1 fully saturated rings. The summed E-state index contributed by atoms with van der Waals surface area (Å²) in [5, 5.41) is 17.0. The third kappa shape index (κ3) is 0.980. The maximum atomic E-state index is 8.61. The standard InChI is InChI=1S/C5H8NO2/c6-5-2-1-4(3-7)8-5/h4,7H,1-3H2. The van der Waals surface area contributed by atoms with E-state index in [2.05, 4.69) is 0 Å². The van der Waals surface area contributed by atoms with Crippen LogP contribution in [0.2, 0.25) is 0 Å². The Morgan fingerprint density at radius 2 is 2.62 bits per heavy atom. The largest absolute Gasteiger partial charge is 0.474 e. The zero-order chi connectivity index (χ0) is 5.98. The average molecular weight is 114 g/mol. The number of ether oxygens (including phenoxy) is 1. The average Bonchev–Trinajstić information content (AvgIpc) is 2.14. The molecule has 0 amide bonds. The van der Waals surface area contributed by atoms with Gasteiger partial charge in [0.15, 0.2) is 0 Å². The van der Waals surface area contributed by atoms with E-state index in [1.54, 1.807) is 0 Å². The molecule has 0 aromatic heterocycles. The Balaban J connectivity index is 2.32. The second-order valence-corrected chi connectivity index (χ2v) is 1.85. The maximum Gasteiger partial charge on any atom is 0.209 e. The van der Waals surface area contributed by atoms with E-state index in [1.807, 2.05) is 0 Å². The first-order chi connectivity index (χ1) is 3.83. The molecule has 8 heavy (non-hydrogen) atoms. The predicted octanol–water partition coefficient (Wildman–Crippen LogP) is -0.644. The Kier molecular flexibility index (Phi) is 1.48. The molecule has 1 aliphatic heterocycles. The first-order valence-corrected chi connectivity index (χ1v) is 2.65. The molecule has 1 aliphatic rings. The second kappa shape index (κ2) is 2.13. The Morgan fingerprint density at radius 3 is 2.88 bits per heavy atom. The van der Waals surface area contributed by atoms with Gasteiger partial charge >= 0.3 is 0 Å². The first-order valence-electron chi connectivity index (χ1n) is 2.65. The van der Waals surface area contributed by atoms with Gasteiger partial charge in [0, 0.05) is 6.42 Å². The number of nitrogens with zero attached hydrogens (tertiary/aromatic N) is 1. The van der Waals surface area contributed by atoms with Crippen molar-refractivity contribution >= 4 is 5.90 Å². The molecule has 1 rings (SSSR count). The van der Waals surface area contributed by atoms with E-state index in [-0.39, 0.29) is 18.6 Å². The SMILES string of the molecule is [N]=C1CCC(CO)O1. The summed E-state index contributed by atoms with van der Waals surface area (Å²) in [7, 11) is 0. The van der Waals surface area contributed by atoms with Crippen molar-refractivity contribution < 1.29 is 9.84 Å². The van der Waals surface area contributed by atoms with E-state index in [1.165, 1.54) is 0 Å². The minimum Gasteiger partial charge on any atom is -0.474 e. The van der Waals surface area contributed by atoms with Crippen molar-refractivity contribution in [1.29, 1.82) is 0 Å². The molecule has 3 heteroatoms. The summed E-state index contributed by atoms with van der Waals surface area (Å²) in [6.07, 6.45) is 1.16. The lowest BCUT2D eigenvalue weighted by atomic mass is 10.2. The highest BCUT2D eigenvalue weighted by atomic mass is 16.5. The minimum absolute atomic E-state index is 0.00403. The molecule has 1 heterocycles. The van der Waals surface area contributed by atoms with Gasteiger partial charge in [0.1, 0.15) is 6.10 Å². The van der Waals surface area contributed by atoms with Crippen LogP contribution < -0.4 is 5.41 Å². The molecule has 3 nitrogen and oxygen atoms in total. The lowest BCUT2D eigenvalue weighted by Gasteiger charge is -2.02. The molecule has 0 aromatic carbocycles. The third-order valence-electron chi connectivity index (χ3n) is 1.19. The molecule has 0 bridgehead atoms. The Labute approximate surface area is 47.8 Å². The zero-order valence-corrected chi connectivity index (χ0v) is 4.50. The lowest BCUT2D eigenvalue weighted by Crippen LogP contribution is -2.11. The van der Waals surface area contributed by atoms with Gasteiger partial charge in [-0.15, -0.1) is 5.41 Å². The predicted molar refractivity (Wildman–Crippen MR) is 28.3 cm³/mol. The normalized spacial score (nSPS) is 28.1. The van der Waals surface area contributed by atoms with Gasteiger partial charge in [-0.1, -0.05) is 0 Å². The Hall–Kier alpha value is -0.570. The number of hydrogen-bond donors (Lipinski definition) is 1. The fraction of sp³-hybridized carbons (Fsp3) is 0.800. The van der Waals surface area contributed by atoms with Crippen molar-refractivity contribution in [3.63, 3.8) is 0 Å². The van der Waals surface area contributed by atoms with E-state index in [4.69, 9.17) is 15.3 Å². The fourth-order valence-electron chi connectivity index (χ4n) is 0.723. The van der Waals surface area contributed by atoms with Crippen LogP contribution in [0.3, 0.4) is 0 Å². The van der Waals surface area contributed by atoms with Crippen LogP contribution in [0.25, 0.3) is 0 Å². The molecule has 0 aromatic rings. The van der Waals surface area contributed by atoms with Crippen LogP contribution in [0.1, 0.15) is 12.8 Å². The smallest absolute Gasteiger partial charge is 0.209 e. The third-order valence-corrected chi connectivity index (χ3v) is 1.19. The lowest BCUT2D eigenvalue weighted by molar-refractivity contribution is 0.125. The van der Waals surface area contributed by atoms with Crippen molar-refractivity contribution in [1.82, 2.24) is 5.41 Å². The highest BCUT2D eigenvalue weighted by Gasteiger charge is 2.19. The van der Waals surface area contributed by atoms with E-state index < -0.39 is 0 Å². The van der Waals surface area contributed by atoms with Crippen molar-refractivity contribution in [2.45, 2.75) is 18.9 Å². The summed E-state index contributed by atoms with van der Waals surface area (Å²) in [5.41, 5.74) is 0. The van der Waals surface area contributed by atoms with Crippen molar-refractivity contribution in [2.75, 3.05) is 6.61 Å². The van der Waals surface area contributed by atoms with Crippen molar-refractivity contribution in [3.05, 3.63) is 0 Å². The van der Waals surface area contributed by atoms with Crippen LogP contribution in [0.4, 0.5) is 0 Å². The van der Waals surface area contributed by atoms with Crippen LogP contribution in [0.15, 0.2) is 0 Å². The summed E-state index contributed by atoms with van der Waals surface area (Å²) < 4.78 is 4.73. The van der Waals surface area contributed by atoms with Gasteiger partial charge in [0.25, 0.3) is 0 Å². The van der Waals surface area contributed by atoms with Gasteiger partial charge in [0.05, 0.1) is 6.61 Å². The van der Waals surface area contributed by atoms with Crippen molar-refractivity contribution in [3.8, 4) is 0 Å². The Bertz CT molecular complexity index is 103. The summed E-state index contributed by atoms with van der Waals surface area (Å²) in [5.74, 6) is 0.0593. The molecular weight excluding hydrogens is 106 g/mol. The molecule has 1 atom stereocenters. The highest BCUT2D eigenvalue weighted by Crippen LogP contribution is 2.11. The monoisotopic (exact) mass is 114 g/mol. The number of aliphatic hydroxyl groups is 1. The van der Waals surface area contributed by atoms with Gasteiger partial charge in [-0.3, -0.25) is 0 Å². The van der Waals surface area contributed by atoms with Crippen molar-refractivity contribution in [2.24, 2.45) is 0 Å². The summed E-state index contributed by atoms with van der Waals surface area (Å²) in [4.78, 5) is 0. The highest BCUT2D eigenvalue weighted by molar-refractivity contribution is 5.75. The second-order valence-electron chi connectivity index (χ2n) is 1.85. The van der Waals surface area contributed by atoms with Gasteiger partial charge < -0.3 is 9.84 Å². The fourth-order valence-corrected chi connectivity index (χ4v) is 0.723. The summed E-state index contributed by atoms with van der Waals surface area (Å²) >= 11 is 0. The van der Waals surface area contributed by atoms with Gasteiger partial charge in [-0.25, -0.2) is 0 Å². The minimum atomic E-state index is -0.157. The zero-order valence-electron chi connectivity index (χ0n) is 4.50. The molecule has 45 valence electrons. The quantitative estimate of drug-likeness (QED) is 0.492. The van der Waals surface area contributed by atoms with Gasteiger partial charge in [-0.05, 0) is 6.42 Å². The molecule has 1 radical (unpaired) electrons. The topological polar surface area (TPSA) is 51.8 Å².